The van der Waals surface area contributed by atoms with E-state index in [9.17, 15) is 18.0 Å². The molecule has 0 atom stereocenters. The lowest BCUT2D eigenvalue weighted by Crippen LogP contribution is -2.35. The lowest BCUT2D eigenvalue weighted by molar-refractivity contribution is -0.133. The number of furan rings is 1. The molecule has 0 radical (unpaired) electrons. The van der Waals surface area contributed by atoms with Crippen molar-refractivity contribution in [1.29, 1.82) is 0 Å². The van der Waals surface area contributed by atoms with Gasteiger partial charge in [-0.15, -0.1) is 4.40 Å². The Balaban J connectivity index is 1.39. The van der Waals surface area contributed by atoms with E-state index in [1.807, 2.05) is 4.90 Å². The molecule has 2 aliphatic rings. The molecule has 0 spiro atoms. The molecule has 1 aromatic heterocycles. The SMILES string of the molecule is CN(Cc1ccco1)C(=O)COC(=O)c1ccc2c(c1)SC1=NS(=O)(=O)CCN12. The average Bonchev–Trinajstić information content (AvgIpc) is 3.30. The van der Waals surface area contributed by atoms with Gasteiger partial charge in [-0.2, -0.15) is 0 Å². The Hall–Kier alpha value is -2.79. The van der Waals surface area contributed by atoms with Crippen molar-refractivity contribution < 1.29 is 27.2 Å². The van der Waals surface area contributed by atoms with E-state index < -0.39 is 22.6 Å². The highest BCUT2D eigenvalue weighted by Crippen LogP contribution is 2.42. The van der Waals surface area contributed by atoms with E-state index in [2.05, 4.69) is 4.40 Å². The molecular formula is C18H17N3O6S2. The summed E-state index contributed by atoms with van der Waals surface area (Å²) in [5, 5.41) is 0.381. The Bertz CT molecular complexity index is 1090. The van der Waals surface area contributed by atoms with Crippen LogP contribution in [0.25, 0.3) is 0 Å². The van der Waals surface area contributed by atoms with Crippen molar-refractivity contribution in [3.63, 3.8) is 0 Å². The number of amides is 1. The Labute approximate surface area is 171 Å². The second-order valence-corrected chi connectivity index (χ2v) is 9.27. The van der Waals surface area contributed by atoms with Crippen molar-refractivity contribution in [2.24, 2.45) is 4.40 Å². The molecule has 0 aliphatic carbocycles. The van der Waals surface area contributed by atoms with Crippen LogP contribution in [-0.4, -0.2) is 56.3 Å². The highest BCUT2D eigenvalue weighted by atomic mass is 32.2. The number of hydrogen-bond acceptors (Lipinski definition) is 8. The number of carbonyl (C=O) groups excluding carboxylic acids is 2. The van der Waals surface area contributed by atoms with Crippen LogP contribution in [0.4, 0.5) is 5.69 Å². The summed E-state index contributed by atoms with van der Waals surface area (Å²) in [6, 6.07) is 8.41. The zero-order chi connectivity index (χ0) is 20.6. The minimum absolute atomic E-state index is 0.0477. The van der Waals surface area contributed by atoms with Crippen LogP contribution in [0.5, 0.6) is 0 Å². The molecule has 0 fully saturated rings. The maximum absolute atomic E-state index is 12.3. The van der Waals surface area contributed by atoms with Crippen molar-refractivity contribution in [3.05, 3.63) is 47.9 Å². The number of benzene rings is 1. The van der Waals surface area contributed by atoms with Crippen LogP contribution in [0.3, 0.4) is 0 Å². The first-order valence-corrected chi connectivity index (χ1v) is 11.1. The second kappa shape index (κ2) is 7.56. The molecule has 152 valence electrons. The molecule has 11 heteroatoms. The van der Waals surface area contributed by atoms with Gasteiger partial charge in [0, 0.05) is 18.5 Å². The second-order valence-electron chi connectivity index (χ2n) is 6.50. The molecule has 0 unspecified atom stereocenters. The summed E-state index contributed by atoms with van der Waals surface area (Å²) in [5.74, 6) is -0.410. The highest BCUT2D eigenvalue weighted by Gasteiger charge is 2.33. The molecule has 0 N–H and O–H groups in total. The van der Waals surface area contributed by atoms with Crippen LogP contribution >= 0.6 is 11.8 Å². The third-order valence-electron chi connectivity index (χ3n) is 4.43. The van der Waals surface area contributed by atoms with Gasteiger partial charge in [-0.05, 0) is 42.1 Å². The van der Waals surface area contributed by atoms with Crippen molar-refractivity contribution in [3.8, 4) is 0 Å². The van der Waals surface area contributed by atoms with Crippen molar-refractivity contribution in [2.45, 2.75) is 11.4 Å². The number of rotatable bonds is 5. The molecule has 0 saturated carbocycles. The third kappa shape index (κ3) is 4.15. The zero-order valence-electron chi connectivity index (χ0n) is 15.4. The van der Waals surface area contributed by atoms with Gasteiger partial charge in [0.2, 0.25) is 0 Å². The number of ether oxygens (including phenoxy) is 1. The van der Waals surface area contributed by atoms with Crippen LogP contribution in [0.15, 0.2) is 50.3 Å². The maximum Gasteiger partial charge on any atom is 0.338 e. The number of carbonyl (C=O) groups is 2. The monoisotopic (exact) mass is 435 g/mol. The van der Waals surface area contributed by atoms with E-state index in [-0.39, 0.29) is 23.8 Å². The van der Waals surface area contributed by atoms with E-state index in [4.69, 9.17) is 9.15 Å². The minimum Gasteiger partial charge on any atom is -0.467 e. The first kappa shape index (κ1) is 19.5. The summed E-state index contributed by atoms with van der Waals surface area (Å²) in [4.78, 5) is 28.4. The van der Waals surface area contributed by atoms with Gasteiger partial charge in [0.15, 0.2) is 11.8 Å². The molecule has 4 rings (SSSR count). The molecule has 29 heavy (non-hydrogen) atoms. The van der Waals surface area contributed by atoms with Gasteiger partial charge < -0.3 is 19.0 Å². The highest BCUT2D eigenvalue weighted by molar-refractivity contribution is 8.15. The quantitative estimate of drug-likeness (QED) is 0.653. The van der Waals surface area contributed by atoms with Gasteiger partial charge >= 0.3 is 5.97 Å². The number of thioether (sulfide) groups is 1. The van der Waals surface area contributed by atoms with E-state index in [0.29, 0.717) is 17.5 Å². The fraction of sp³-hybridized carbons (Fsp3) is 0.278. The largest absolute Gasteiger partial charge is 0.467 e. The molecular weight excluding hydrogens is 418 g/mol. The van der Waals surface area contributed by atoms with E-state index >= 15 is 0 Å². The molecule has 2 aliphatic heterocycles. The Kier molecular flexibility index (Phi) is 5.09. The fourth-order valence-corrected chi connectivity index (χ4v) is 5.20. The smallest absolute Gasteiger partial charge is 0.338 e. The number of likely N-dealkylation sites (N-methyl/N-ethyl adjacent to an activating group) is 1. The van der Waals surface area contributed by atoms with Crippen LogP contribution in [-0.2, 0) is 26.1 Å². The zero-order valence-corrected chi connectivity index (χ0v) is 17.0. The number of nitrogens with zero attached hydrogens (tertiary/aromatic N) is 3. The van der Waals surface area contributed by atoms with Gasteiger partial charge in [-0.1, -0.05) is 0 Å². The number of amidine groups is 1. The molecule has 1 aromatic carbocycles. The summed E-state index contributed by atoms with van der Waals surface area (Å²) in [7, 11) is -1.85. The van der Waals surface area contributed by atoms with Gasteiger partial charge in [-0.25, -0.2) is 13.2 Å². The van der Waals surface area contributed by atoms with Gasteiger partial charge in [0.1, 0.15) is 5.76 Å². The minimum atomic E-state index is -3.44. The number of hydrogen-bond donors (Lipinski definition) is 0. The van der Waals surface area contributed by atoms with E-state index in [1.54, 1.807) is 37.4 Å². The Morgan fingerprint density at radius 1 is 1.34 bits per heavy atom. The first-order chi connectivity index (χ1) is 13.8. The number of sulfonamides is 1. The summed E-state index contributed by atoms with van der Waals surface area (Å²) < 4.78 is 37.5. The summed E-state index contributed by atoms with van der Waals surface area (Å²) >= 11 is 1.19. The number of esters is 1. The lowest BCUT2D eigenvalue weighted by atomic mass is 10.2. The predicted molar refractivity (Wildman–Crippen MR) is 106 cm³/mol. The maximum atomic E-state index is 12.3. The summed E-state index contributed by atoms with van der Waals surface area (Å²) in [6.45, 7) is 0.207. The van der Waals surface area contributed by atoms with Gasteiger partial charge in [0.05, 0.1) is 29.8 Å². The third-order valence-corrected chi connectivity index (χ3v) is 6.74. The first-order valence-electron chi connectivity index (χ1n) is 8.68. The predicted octanol–water partition coefficient (Wildman–Crippen LogP) is 1.71. The summed E-state index contributed by atoms with van der Waals surface area (Å²) in [5.41, 5.74) is 1.08. The van der Waals surface area contributed by atoms with Crippen molar-refractivity contribution in [2.75, 3.05) is 30.9 Å². The van der Waals surface area contributed by atoms with Crippen LogP contribution in [0.1, 0.15) is 16.1 Å². The van der Waals surface area contributed by atoms with E-state index in [1.165, 1.54) is 22.9 Å². The number of anilines is 1. The molecule has 1 amide bonds. The molecule has 0 bridgehead atoms. The fourth-order valence-electron chi connectivity index (χ4n) is 2.90. The topological polar surface area (TPSA) is 109 Å². The van der Waals surface area contributed by atoms with Crippen LogP contribution in [0, 0.1) is 0 Å². The normalized spacial score (nSPS) is 16.6. The molecule has 2 aromatic rings. The lowest BCUT2D eigenvalue weighted by Gasteiger charge is -2.22. The Morgan fingerprint density at radius 3 is 2.93 bits per heavy atom. The molecule has 3 heterocycles. The Morgan fingerprint density at radius 2 is 2.17 bits per heavy atom. The van der Waals surface area contributed by atoms with Gasteiger partial charge in [0.25, 0.3) is 15.9 Å². The molecule has 0 saturated heterocycles. The van der Waals surface area contributed by atoms with Crippen LogP contribution in [0.2, 0.25) is 0 Å². The molecule has 9 nitrogen and oxygen atoms in total. The standard InChI is InChI=1S/C18H17N3O6S2/c1-20(10-13-3-2-7-26-13)16(22)11-27-17(23)12-4-5-14-15(9-12)28-18-19-29(24,25)8-6-21(14)18/h2-5,7,9H,6,8,10-11H2,1H3. The average molecular weight is 435 g/mol. The van der Waals surface area contributed by atoms with Crippen LogP contribution < -0.4 is 4.90 Å². The van der Waals surface area contributed by atoms with Crippen molar-refractivity contribution in [1.82, 2.24) is 4.90 Å². The summed E-state index contributed by atoms with van der Waals surface area (Å²) in [6.07, 6.45) is 1.52. The van der Waals surface area contributed by atoms with Crippen molar-refractivity contribution >= 4 is 44.5 Å². The van der Waals surface area contributed by atoms with E-state index in [0.717, 1.165) is 10.6 Å². The van der Waals surface area contributed by atoms with Gasteiger partial charge in [-0.3, -0.25) is 4.79 Å². The number of fused-ring (bicyclic) bond motifs is 3.